The van der Waals surface area contributed by atoms with Crippen molar-refractivity contribution in [3.05, 3.63) is 11.3 Å². The van der Waals surface area contributed by atoms with Gasteiger partial charge < -0.3 is 15.6 Å². The second-order valence-electron chi connectivity index (χ2n) is 2.41. The number of aromatic nitrogens is 2. The fourth-order valence-corrected chi connectivity index (χ4v) is 0.846. The summed E-state index contributed by atoms with van der Waals surface area (Å²) in [6.45, 7) is 2.04. The average Bonchev–Trinajstić information content (AvgIpc) is 2.00. The molecule has 0 atom stereocenters. The third kappa shape index (κ3) is 1.62. The van der Waals surface area contributed by atoms with Crippen molar-refractivity contribution >= 4 is 5.95 Å². The number of ether oxygens (including phenoxy) is 1. The zero-order valence-electron chi connectivity index (χ0n) is 7.03. The number of hydrogen-bond acceptors (Lipinski definition) is 5. The Bertz CT molecular complexity index is 288. The van der Waals surface area contributed by atoms with Gasteiger partial charge in [-0.05, 0) is 6.92 Å². The van der Waals surface area contributed by atoms with Gasteiger partial charge in [0.1, 0.15) is 0 Å². The quantitative estimate of drug-likeness (QED) is 0.661. The van der Waals surface area contributed by atoms with Crippen LogP contribution in [0.15, 0.2) is 0 Å². The summed E-state index contributed by atoms with van der Waals surface area (Å²) in [6, 6.07) is 0. The summed E-state index contributed by atoms with van der Waals surface area (Å²) >= 11 is 0. The number of rotatable bonds is 2. The van der Waals surface area contributed by atoms with E-state index in [1.807, 2.05) is 0 Å². The van der Waals surface area contributed by atoms with Gasteiger partial charge in [-0.15, -0.1) is 0 Å². The topological polar surface area (TPSA) is 81.3 Å². The number of hydrogen-bond donors (Lipinski definition) is 2. The second-order valence-corrected chi connectivity index (χ2v) is 2.41. The van der Waals surface area contributed by atoms with Gasteiger partial charge in [0.15, 0.2) is 0 Å². The standard InChI is InChI=1S/C7H11N3O2/c1-4-5(3-12-2)9-7(8)10-6(4)11/h3H2,1-2H3,(H3,8,9,10,11). The third-order valence-electron chi connectivity index (χ3n) is 1.52. The molecule has 0 fully saturated rings. The first kappa shape index (κ1) is 8.73. The number of nitrogens with two attached hydrogens (primary N) is 1. The molecule has 0 amide bonds. The molecule has 0 aliphatic carbocycles. The van der Waals surface area contributed by atoms with Crippen molar-refractivity contribution < 1.29 is 9.84 Å². The van der Waals surface area contributed by atoms with Crippen molar-refractivity contribution in [3.8, 4) is 5.88 Å². The van der Waals surface area contributed by atoms with Crippen molar-refractivity contribution in [2.75, 3.05) is 12.8 Å². The van der Waals surface area contributed by atoms with Gasteiger partial charge in [0.2, 0.25) is 11.8 Å². The number of nitrogens with zero attached hydrogens (tertiary/aromatic N) is 2. The fraction of sp³-hybridized carbons (Fsp3) is 0.429. The zero-order chi connectivity index (χ0) is 9.14. The minimum Gasteiger partial charge on any atom is -0.493 e. The molecular weight excluding hydrogens is 158 g/mol. The molecule has 0 aliphatic heterocycles. The summed E-state index contributed by atoms with van der Waals surface area (Å²) in [5.74, 6) is -0.0281. The summed E-state index contributed by atoms with van der Waals surface area (Å²) in [7, 11) is 1.55. The van der Waals surface area contributed by atoms with Crippen LogP contribution in [-0.2, 0) is 11.3 Å². The van der Waals surface area contributed by atoms with Crippen LogP contribution < -0.4 is 5.73 Å². The monoisotopic (exact) mass is 169 g/mol. The molecule has 3 N–H and O–H groups in total. The first-order valence-corrected chi connectivity index (χ1v) is 3.46. The molecular formula is C7H11N3O2. The van der Waals surface area contributed by atoms with Gasteiger partial charge in [0.25, 0.3) is 0 Å². The molecule has 0 saturated heterocycles. The maximum Gasteiger partial charge on any atom is 0.223 e. The third-order valence-corrected chi connectivity index (χ3v) is 1.52. The molecule has 0 spiro atoms. The van der Waals surface area contributed by atoms with Gasteiger partial charge in [-0.3, -0.25) is 0 Å². The predicted octanol–water partition coefficient (Wildman–Crippen LogP) is 0.219. The lowest BCUT2D eigenvalue weighted by Gasteiger charge is -2.05. The van der Waals surface area contributed by atoms with Gasteiger partial charge in [0, 0.05) is 12.7 Å². The maximum absolute atomic E-state index is 9.22. The highest BCUT2D eigenvalue weighted by molar-refractivity contribution is 5.33. The van der Waals surface area contributed by atoms with Crippen LogP contribution in [-0.4, -0.2) is 22.2 Å². The van der Waals surface area contributed by atoms with Crippen LogP contribution in [0.25, 0.3) is 0 Å². The Hall–Kier alpha value is -1.36. The van der Waals surface area contributed by atoms with Gasteiger partial charge in [0.05, 0.1) is 12.3 Å². The van der Waals surface area contributed by atoms with E-state index in [1.165, 1.54) is 0 Å². The normalized spacial score (nSPS) is 10.2. The summed E-state index contributed by atoms with van der Waals surface area (Å²) < 4.78 is 4.86. The zero-order valence-corrected chi connectivity index (χ0v) is 7.03. The SMILES string of the molecule is COCc1nc(N)nc(O)c1C. The van der Waals surface area contributed by atoms with Crippen LogP contribution in [0.3, 0.4) is 0 Å². The lowest BCUT2D eigenvalue weighted by Crippen LogP contribution is -2.03. The smallest absolute Gasteiger partial charge is 0.223 e. The number of aromatic hydroxyl groups is 1. The lowest BCUT2D eigenvalue weighted by molar-refractivity contribution is 0.180. The molecule has 1 heterocycles. The Labute approximate surface area is 70.2 Å². The fourth-order valence-electron chi connectivity index (χ4n) is 0.846. The van der Waals surface area contributed by atoms with Crippen LogP contribution in [0.1, 0.15) is 11.3 Å². The second kappa shape index (κ2) is 3.36. The molecule has 1 rings (SSSR count). The minimum absolute atomic E-state index is 0.0603. The summed E-state index contributed by atoms with van der Waals surface area (Å²) in [4.78, 5) is 7.49. The van der Waals surface area contributed by atoms with Crippen molar-refractivity contribution in [2.24, 2.45) is 0 Å². The minimum atomic E-state index is -0.0884. The predicted molar refractivity (Wildman–Crippen MR) is 43.6 cm³/mol. The molecule has 5 nitrogen and oxygen atoms in total. The van der Waals surface area contributed by atoms with Crippen molar-refractivity contribution in [2.45, 2.75) is 13.5 Å². The van der Waals surface area contributed by atoms with Gasteiger partial charge in [-0.1, -0.05) is 0 Å². The van der Waals surface area contributed by atoms with E-state index >= 15 is 0 Å². The average molecular weight is 169 g/mol. The highest BCUT2D eigenvalue weighted by atomic mass is 16.5. The van der Waals surface area contributed by atoms with Crippen LogP contribution in [0.4, 0.5) is 5.95 Å². The molecule has 12 heavy (non-hydrogen) atoms. The number of nitrogen functional groups attached to an aromatic ring is 1. The number of methoxy groups -OCH3 is 1. The Kier molecular flexibility index (Phi) is 2.44. The van der Waals surface area contributed by atoms with E-state index in [0.717, 1.165) is 0 Å². The molecule has 0 aliphatic rings. The molecule has 5 heteroatoms. The number of anilines is 1. The van der Waals surface area contributed by atoms with E-state index in [4.69, 9.17) is 10.5 Å². The Morgan fingerprint density at radius 1 is 1.50 bits per heavy atom. The van der Waals surface area contributed by atoms with Gasteiger partial charge in [-0.2, -0.15) is 4.98 Å². The van der Waals surface area contributed by atoms with E-state index in [-0.39, 0.29) is 11.8 Å². The van der Waals surface area contributed by atoms with E-state index < -0.39 is 0 Å². The molecule has 1 aromatic rings. The molecule has 0 unspecified atom stereocenters. The van der Waals surface area contributed by atoms with Crippen molar-refractivity contribution in [3.63, 3.8) is 0 Å². The lowest BCUT2D eigenvalue weighted by atomic mass is 10.2. The molecule has 66 valence electrons. The van der Waals surface area contributed by atoms with Crippen LogP contribution in [0.5, 0.6) is 5.88 Å². The van der Waals surface area contributed by atoms with Crippen molar-refractivity contribution in [1.29, 1.82) is 0 Å². The van der Waals surface area contributed by atoms with Gasteiger partial charge >= 0.3 is 0 Å². The maximum atomic E-state index is 9.22. The Morgan fingerprint density at radius 3 is 2.75 bits per heavy atom. The van der Waals surface area contributed by atoms with Crippen LogP contribution >= 0.6 is 0 Å². The van der Waals surface area contributed by atoms with Crippen LogP contribution in [0.2, 0.25) is 0 Å². The van der Waals surface area contributed by atoms with E-state index in [9.17, 15) is 5.11 Å². The summed E-state index contributed by atoms with van der Waals surface area (Å²) in [5.41, 5.74) is 6.54. The van der Waals surface area contributed by atoms with E-state index in [2.05, 4.69) is 9.97 Å². The summed E-state index contributed by atoms with van der Waals surface area (Å²) in [5, 5.41) is 9.22. The van der Waals surface area contributed by atoms with Crippen molar-refractivity contribution in [1.82, 2.24) is 9.97 Å². The summed E-state index contributed by atoms with van der Waals surface area (Å²) in [6.07, 6.45) is 0. The molecule has 0 aromatic carbocycles. The van der Waals surface area contributed by atoms with Gasteiger partial charge in [-0.25, -0.2) is 4.98 Å². The molecule has 0 bridgehead atoms. The Balaban J connectivity index is 3.09. The van der Waals surface area contributed by atoms with E-state index in [1.54, 1.807) is 14.0 Å². The van der Waals surface area contributed by atoms with Crippen LogP contribution in [0, 0.1) is 6.92 Å². The first-order chi connectivity index (χ1) is 5.65. The molecule has 1 aromatic heterocycles. The van der Waals surface area contributed by atoms with E-state index in [0.29, 0.717) is 17.9 Å². The molecule has 0 radical (unpaired) electrons. The molecule has 0 saturated carbocycles. The highest BCUT2D eigenvalue weighted by Gasteiger charge is 2.07. The largest absolute Gasteiger partial charge is 0.493 e. The highest BCUT2D eigenvalue weighted by Crippen LogP contribution is 2.17. The Morgan fingerprint density at radius 2 is 2.17 bits per heavy atom. The first-order valence-electron chi connectivity index (χ1n) is 3.46.